The van der Waals surface area contributed by atoms with Crippen molar-refractivity contribution in [1.82, 2.24) is 10.6 Å². The van der Waals surface area contributed by atoms with E-state index in [-0.39, 0.29) is 24.3 Å². The van der Waals surface area contributed by atoms with Gasteiger partial charge in [-0.2, -0.15) is 18.4 Å². The number of alkyl halides is 3. The number of rotatable bonds is 6. The maximum absolute atomic E-state index is 12.7. The Bertz CT molecular complexity index is 966. The molecule has 0 fully saturated rings. The number of hydrogen-bond acceptors (Lipinski definition) is 4. The maximum Gasteiger partial charge on any atom is 0.416 e. The Hall–Kier alpha value is -2.08. The first-order valence-corrected chi connectivity index (χ1v) is 10.5. The number of halogens is 5. The molecule has 0 bridgehead atoms. The molecular weight excluding hydrogens is 629 g/mol. The second-order valence-corrected chi connectivity index (χ2v) is 8.41. The number of phenols is 1. The molecule has 0 saturated heterocycles. The van der Waals surface area contributed by atoms with Crippen LogP contribution >= 0.6 is 45.2 Å². The first-order chi connectivity index (χ1) is 14.0. The average molecular weight is 643 g/mol. The molecule has 158 valence electrons. The van der Waals surface area contributed by atoms with Crippen molar-refractivity contribution in [1.29, 1.82) is 5.26 Å². The van der Waals surface area contributed by atoms with E-state index in [1.54, 1.807) is 18.2 Å². The molecule has 2 amide bonds. The van der Waals surface area contributed by atoms with Crippen LogP contribution in [0, 0.1) is 18.5 Å². The van der Waals surface area contributed by atoms with E-state index >= 15 is 0 Å². The Labute approximate surface area is 197 Å². The van der Waals surface area contributed by atoms with Crippen molar-refractivity contribution < 1.29 is 27.9 Å². The highest BCUT2D eigenvalue weighted by molar-refractivity contribution is 14.1. The van der Waals surface area contributed by atoms with E-state index in [1.807, 2.05) is 45.2 Å². The van der Waals surface area contributed by atoms with Gasteiger partial charge in [-0.05, 0) is 87.1 Å². The molecule has 0 aliphatic carbocycles. The minimum absolute atomic E-state index is 0.0454. The Balaban J connectivity index is 2.24. The fourth-order valence-electron chi connectivity index (χ4n) is 2.48. The van der Waals surface area contributed by atoms with Gasteiger partial charge in [0.1, 0.15) is 18.3 Å². The standard InChI is InChI=1S/C19H14F3I2N3O3/c20-19(21,22)12-3-1-11(2-4-12)17(29)27-15(18(30)26-6-5-25)9-10-7-13(23)16(28)14(24)8-10/h1-4,7-8,15,28H,6,9H2,(H,26,30)(H,27,29). The quantitative estimate of drug-likeness (QED) is 0.331. The fraction of sp³-hybridized carbons (Fsp3) is 0.211. The SMILES string of the molecule is N#CCNC(=O)C(Cc1cc(I)c(O)c(I)c1)NC(=O)c1ccc(C(F)(F)F)cc1. The number of nitrogens with one attached hydrogen (secondary N) is 2. The van der Waals surface area contributed by atoms with Crippen LogP contribution in [-0.2, 0) is 17.4 Å². The molecule has 0 aliphatic rings. The normalized spacial score (nSPS) is 12.0. The summed E-state index contributed by atoms with van der Waals surface area (Å²) in [5.41, 5.74) is -0.294. The summed E-state index contributed by atoms with van der Waals surface area (Å²) in [5.74, 6) is -1.25. The lowest BCUT2D eigenvalue weighted by Crippen LogP contribution is -2.48. The van der Waals surface area contributed by atoms with Crippen molar-refractivity contribution in [2.75, 3.05) is 6.54 Å². The van der Waals surface area contributed by atoms with E-state index < -0.39 is 29.6 Å². The lowest BCUT2D eigenvalue weighted by molar-refractivity contribution is -0.137. The number of carbonyl (C=O) groups is 2. The zero-order valence-electron chi connectivity index (χ0n) is 15.1. The van der Waals surface area contributed by atoms with Crippen molar-refractivity contribution in [3.8, 4) is 11.8 Å². The summed E-state index contributed by atoms with van der Waals surface area (Å²) in [6.07, 6.45) is -4.47. The van der Waals surface area contributed by atoms with Gasteiger partial charge >= 0.3 is 6.18 Å². The molecule has 0 aromatic heterocycles. The van der Waals surface area contributed by atoms with Crippen LogP contribution in [0.5, 0.6) is 5.75 Å². The van der Waals surface area contributed by atoms with Crippen LogP contribution in [0.4, 0.5) is 13.2 Å². The van der Waals surface area contributed by atoms with Crippen LogP contribution in [0.2, 0.25) is 0 Å². The average Bonchev–Trinajstić information content (AvgIpc) is 2.69. The summed E-state index contributed by atoms with van der Waals surface area (Å²) in [7, 11) is 0. The number of amides is 2. The molecule has 30 heavy (non-hydrogen) atoms. The summed E-state index contributed by atoms with van der Waals surface area (Å²) in [6.45, 7) is -0.268. The van der Waals surface area contributed by atoms with Gasteiger partial charge in [0.2, 0.25) is 5.91 Å². The number of hydrogen-bond donors (Lipinski definition) is 3. The zero-order chi connectivity index (χ0) is 22.5. The Kier molecular flexibility index (Phi) is 8.30. The van der Waals surface area contributed by atoms with Crippen LogP contribution < -0.4 is 10.6 Å². The van der Waals surface area contributed by atoms with Crippen molar-refractivity contribution in [2.45, 2.75) is 18.6 Å². The summed E-state index contributed by atoms with van der Waals surface area (Å²) in [6, 6.07) is 7.58. The molecule has 0 aliphatic heterocycles. The second-order valence-electron chi connectivity index (χ2n) is 6.09. The zero-order valence-corrected chi connectivity index (χ0v) is 19.4. The number of benzene rings is 2. The molecule has 0 heterocycles. The molecule has 0 radical (unpaired) electrons. The third kappa shape index (κ3) is 6.46. The van der Waals surface area contributed by atoms with E-state index in [4.69, 9.17) is 5.26 Å². The van der Waals surface area contributed by atoms with Crippen LogP contribution in [0.15, 0.2) is 36.4 Å². The molecule has 2 aromatic carbocycles. The number of nitrogens with zero attached hydrogens (tertiary/aromatic N) is 1. The molecular formula is C19H14F3I2N3O3. The van der Waals surface area contributed by atoms with Crippen LogP contribution in [0.3, 0.4) is 0 Å². The van der Waals surface area contributed by atoms with Gasteiger partial charge in [-0.1, -0.05) is 0 Å². The van der Waals surface area contributed by atoms with E-state index in [9.17, 15) is 27.9 Å². The third-order valence-corrected chi connectivity index (χ3v) is 5.60. The van der Waals surface area contributed by atoms with Gasteiger partial charge in [-0.25, -0.2) is 0 Å². The number of aromatic hydroxyl groups is 1. The van der Waals surface area contributed by atoms with Crippen molar-refractivity contribution in [3.05, 3.63) is 60.2 Å². The van der Waals surface area contributed by atoms with E-state index in [1.165, 1.54) is 0 Å². The highest BCUT2D eigenvalue weighted by Crippen LogP contribution is 2.29. The lowest BCUT2D eigenvalue weighted by Gasteiger charge is -2.19. The van der Waals surface area contributed by atoms with E-state index in [2.05, 4.69) is 10.6 Å². The monoisotopic (exact) mass is 643 g/mol. The molecule has 1 atom stereocenters. The maximum atomic E-state index is 12.7. The van der Waals surface area contributed by atoms with Crippen molar-refractivity contribution in [3.63, 3.8) is 0 Å². The van der Waals surface area contributed by atoms with Gasteiger partial charge in [0, 0.05) is 12.0 Å². The molecule has 2 aromatic rings. The highest BCUT2D eigenvalue weighted by Gasteiger charge is 2.30. The fourth-order valence-corrected chi connectivity index (χ4v) is 4.38. The summed E-state index contributed by atoms with van der Waals surface area (Å²) < 4.78 is 39.2. The van der Waals surface area contributed by atoms with Crippen molar-refractivity contribution >= 4 is 57.0 Å². The van der Waals surface area contributed by atoms with Crippen LogP contribution in [0.1, 0.15) is 21.5 Å². The topological polar surface area (TPSA) is 102 Å². The number of nitriles is 1. The van der Waals surface area contributed by atoms with E-state index in [0.717, 1.165) is 24.3 Å². The largest absolute Gasteiger partial charge is 0.506 e. The third-order valence-electron chi connectivity index (χ3n) is 3.95. The lowest BCUT2D eigenvalue weighted by atomic mass is 10.0. The van der Waals surface area contributed by atoms with E-state index in [0.29, 0.717) is 12.7 Å². The molecule has 1 unspecified atom stereocenters. The number of phenolic OH excluding ortho intramolecular Hbond substituents is 1. The first-order valence-electron chi connectivity index (χ1n) is 8.32. The van der Waals surface area contributed by atoms with Crippen molar-refractivity contribution in [2.24, 2.45) is 0 Å². The first kappa shape index (κ1) is 24.2. The Morgan fingerprint density at radius 3 is 2.20 bits per heavy atom. The van der Waals surface area contributed by atoms with Gasteiger partial charge in [0.15, 0.2) is 0 Å². The van der Waals surface area contributed by atoms with Crippen LogP contribution in [0.25, 0.3) is 0 Å². The molecule has 11 heteroatoms. The summed E-state index contributed by atoms with van der Waals surface area (Å²) in [4.78, 5) is 24.9. The molecule has 2 rings (SSSR count). The molecule has 0 saturated carbocycles. The summed E-state index contributed by atoms with van der Waals surface area (Å²) >= 11 is 3.86. The predicted molar refractivity (Wildman–Crippen MR) is 119 cm³/mol. The Morgan fingerprint density at radius 1 is 1.13 bits per heavy atom. The minimum Gasteiger partial charge on any atom is -0.506 e. The Morgan fingerprint density at radius 2 is 1.70 bits per heavy atom. The van der Waals surface area contributed by atoms with Gasteiger partial charge in [0.05, 0.1) is 18.8 Å². The van der Waals surface area contributed by atoms with Gasteiger partial charge in [-0.3, -0.25) is 9.59 Å². The van der Waals surface area contributed by atoms with Gasteiger partial charge in [-0.15, -0.1) is 0 Å². The smallest absolute Gasteiger partial charge is 0.416 e. The molecule has 0 spiro atoms. The van der Waals surface area contributed by atoms with Gasteiger partial charge in [0.25, 0.3) is 5.91 Å². The molecule has 3 N–H and O–H groups in total. The molecule has 6 nitrogen and oxygen atoms in total. The van der Waals surface area contributed by atoms with Gasteiger partial charge < -0.3 is 15.7 Å². The second kappa shape index (κ2) is 10.3. The minimum atomic E-state index is -4.53. The predicted octanol–water partition coefficient (Wildman–Crippen LogP) is 3.60. The number of carbonyl (C=O) groups excluding carboxylic acids is 2. The summed E-state index contributed by atoms with van der Waals surface area (Å²) in [5, 5.41) is 23.4. The highest BCUT2D eigenvalue weighted by atomic mass is 127. The van der Waals surface area contributed by atoms with Crippen LogP contribution in [-0.4, -0.2) is 29.5 Å².